The fourth-order valence-electron chi connectivity index (χ4n) is 2.56. The molecule has 0 aliphatic carbocycles. The molecule has 1 saturated heterocycles. The number of ether oxygens (including phenoxy) is 2. The van der Waals surface area contributed by atoms with Gasteiger partial charge < -0.3 is 14.8 Å². The van der Waals surface area contributed by atoms with Crippen LogP contribution in [0.3, 0.4) is 0 Å². The van der Waals surface area contributed by atoms with Crippen molar-refractivity contribution in [1.29, 1.82) is 0 Å². The van der Waals surface area contributed by atoms with Crippen LogP contribution < -0.4 is 14.8 Å². The number of hydrogen-bond acceptors (Lipinski definition) is 5. The summed E-state index contributed by atoms with van der Waals surface area (Å²) >= 11 is 0. The van der Waals surface area contributed by atoms with E-state index in [1.165, 1.54) is 4.31 Å². The third-order valence-electron chi connectivity index (χ3n) is 3.62. The predicted molar refractivity (Wildman–Crippen MR) is 73.5 cm³/mol. The number of rotatable bonds is 2. The van der Waals surface area contributed by atoms with Gasteiger partial charge in [0.25, 0.3) is 0 Å². The Morgan fingerprint density at radius 2 is 2.00 bits per heavy atom. The van der Waals surface area contributed by atoms with Crippen LogP contribution in [-0.2, 0) is 10.0 Å². The molecule has 2 aliphatic rings. The van der Waals surface area contributed by atoms with Crippen molar-refractivity contribution in [2.24, 2.45) is 0 Å². The maximum Gasteiger partial charge on any atom is 0.243 e. The highest BCUT2D eigenvalue weighted by molar-refractivity contribution is 7.89. The standard InChI is InChI=1S/C13H18N2O4S/c1-9-5-11-12(19-8-18-11)6-13(9)20(16,17)15-4-3-14-10(2)7-15/h5-6,10,14H,3-4,7-8H2,1-2H3/t10-/m1/s1. The summed E-state index contributed by atoms with van der Waals surface area (Å²) in [7, 11) is -3.49. The van der Waals surface area contributed by atoms with E-state index in [4.69, 9.17) is 9.47 Å². The number of piperazine rings is 1. The molecule has 1 N–H and O–H groups in total. The van der Waals surface area contributed by atoms with Gasteiger partial charge in [-0.1, -0.05) is 0 Å². The maximum absolute atomic E-state index is 12.8. The number of benzene rings is 1. The second-order valence-corrected chi connectivity index (χ2v) is 7.10. The molecule has 1 fully saturated rings. The van der Waals surface area contributed by atoms with Gasteiger partial charge in [0.05, 0.1) is 4.90 Å². The SMILES string of the molecule is Cc1cc2c(cc1S(=O)(=O)N1CCN[C@H](C)C1)OCO2. The first kappa shape index (κ1) is 13.7. The van der Waals surface area contributed by atoms with Crippen LogP contribution in [0, 0.1) is 6.92 Å². The molecule has 20 heavy (non-hydrogen) atoms. The van der Waals surface area contributed by atoms with Crippen molar-refractivity contribution in [3.05, 3.63) is 17.7 Å². The van der Waals surface area contributed by atoms with Gasteiger partial charge in [-0.05, 0) is 25.5 Å². The van der Waals surface area contributed by atoms with Gasteiger partial charge in [0, 0.05) is 31.7 Å². The fourth-order valence-corrected chi connectivity index (χ4v) is 4.31. The van der Waals surface area contributed by atoms with Gasteiger partial charge in [0.1, 0.15) is 0 Å². The van der Waals surface area contributed by atoms with E-state index in [2.05, 4.69) is 5.32 Å². The summed E-state index contributed by atoms with van der Waals surface area (Å²) in [6.07, 6.45) is 0. The molecule has 1 atom stereocenters. The van der Waals surface area contributed by atoms with Crippen LogP contribution in [0.25, 0.3) is 0 Å². The lowest BCUT2D eigenvalue weighted by Gasteiger charge is -2.31. The zero-order valence-electron chi connectivity index (χ0n) is 11.5. The van der Waals surface area contributed by atoms with Crippen LogP contribution in [0.4, 0.5) is 0 Å². The topological polar surface area (TPSA) is 67.9 Å². The highest BCUT2D eigenvalue weighted by atomic mass is 32.2. The Morgan fingerprint density at radius 1 is 1.30 bits per heavy atom. The Bertz CT molecular complexity index is 630. The van der Waals surface area contributed by atoms with Crippen molar-refractivity contribution in [1.82, 2.24) is 9.62 Å². The van der Waals surface area contributed by atoms with Gasteiger partial charge in [-0.2, -0.15) is 4.31 Å². The zero-order valence-corrected chi connectivity index (χ0v) is 12.4. The van der Waals surface area contributed by atoms with E-state index >= 15 is 0 Å². The van der Waals surface area contributed by atoms with Crippen molar-refractivity contribution in [2.75, 3.05) is 26.4 Å². The van der Waals surface area contributed by atoms with Gasteiger partial charge in [-0.3, -0.25) is 0 Å². The minimum absolute atomic E-state index is 0.142. The minimum Gasteiger partial charge on any atom is -0.454 e. The van der Waals surface area contributed by atoms with E-state index in [0.29, 0.717) is 41.6 Å². The Kier molecular flexibility index (Phi) is 3.35. The van der Waals surface area contributed by atoms with E-state index in [1.807, 2.05) is 6.92 Å². The third-order valence-corrected chi connectivity index (χ3v) is 5.63. The van der Waals surface area contributed by atoms with Gasteiger partial charge in [-0.25, -0.2) is 8.42 Å². The summed E-state index contributed by atoms with van der Waals surface area (Å²) < 4.78 is 37.6. The van der Waals surface area contributed by atoms with Crippen molar-refractivity contribution >= 4 is 10.0 Å². The van der Waals surface area contributed by atoms with E-state index in [1.54, 1.807) is 19.1 Å². The average molecular weight is 298 g/mol. The van der Waals surface area contributed by atoms with E-state index < -0.39 is 10.0 Å². The molecule has 0 spiro atoms. The first-order chi connectivity index (χ1) is 9.48. The molecular weight excluding hydrogens is 280 g/mol. The molecule has 7 heteroatoms. The summed E-state index contributed by atoms with van der Waals surface area (Å²) in [5, 5.41) is 3.24. The molecule has 0 radical (unpaired) electrons. The molecule has 2 aliphatic heterocycles. The summed E-state index contributed by atoms with van der Waals surface area (Å²) in [6, 6.07) is 3.45. The third kappa shape index (κ3) is 2.25. The Balaban J connectivity index is 1.99. The van der Waals surface area contributed by atoms with Crippen LogP contribution in [0.5, 0.6) is 11.5 Å². The Labute approximate surface area is 118 Å². The van der Waals surface area contributed by atoms with Crippen molar-refractivity contribution < 1.29 is 17.9 Å². The second-order valence-electron chi connectivity index (χ2n) is 5.19. The number of fused-ring (bicyclic) bond motifs is 1. The van der Waals surface area contributed by atoms with Crippen LogP contribution in [-0.4, -0.2) is 45.2 Å². The second kappa shape index (κ2) is 4.91. The molecule has 1 aromatic rings. The smallest absolute Gasteiger partial charge is 0.243 e. The average Bonchev–Trinajstić information content (AvgIpc) is 2.84. The Hall–Kier alpha value is -1.31. The number of nitrogens with zero attached hydrogens (tertiary/aromatic N) is 1. The lowest BCUT2D eigenvalue weighted by atomic mass is 10.2. The fraction of sp³-hybridized carbons (Fsp3) is 0.538. The lowest BCUT2D eigenvalue weighted by Crippen LogP contribution is -2.51. The van der Waals surface area contributed by atoms with Gasteiger partial charge in [-0.15, -0.1) is 0 Å². The maximum atomic E-state index is 12.8. The summed E-state index contributed by atoms with van der Waals surface area (Å²) in [6.45, 7) is 5.54. The summed E-state index contributed by atoms with van der Waals surface area (Å²) in [5.41, 5.74) is 0.681. The monoisotopic (exact) mass is 298 g/mol. The molecule has 0 amide bonds. The van der Waals surface area contributed by atoms with Crippen LogP contribution in [0.1, 0.15) is 12.5 Å². The normalized spacial score (nSPS) is 23.0. The molecule has 0 saturated carbocycles. The molecule has 6 nitrogen and oxygen atoms in total. The molecule has 0 bridgehead atoms. The summed E-state index contributed by atoms with van der Waals surface area (Å²) in [5.74, 6) is 1.10. The van der Waals surface area contributed by atoms with E-state index in [9.17, 15) is 8.42 Å². The number of nitrogens with one attached hydrogen (secondary N) is 1. The molecule has 0 aromatic heterocycles. The quantitative estimate of drug-likeness (QED) is 0.871. The van der Waals surface area contributed by atoms with E-state index in [0.717, 1.165) is 0 Å². The molecule has 0 unspecified atom stereocenters. The molecule has 3 rings (SSSR count). The number of hydrogen-bond donors (Lipinski definition) is 1. The van der Waals surface area contributed by atoms with Crippen LogP contribution in [0.15, 0.2) is 17.0 Å². The highest BCUT2D eigenvalue weighted by Gasteiger charge is 2.31. The number of aryl methyl sites for hydroxylation is 1. The van der Waals surface area contributed by atoms with Crippen molar-refractivity contribution in [2.45, 2.75) is 24.8 Å². The predicted octanol–water partition coefficient (Wildman–Crippen LogP) is 0.706. The zero-order chi connectivity index (χ0) is 14.3. The first-order valence-electron chi connectivity index (χ1n) is 6.62. The van der Waals surface area contributed by atoms with Gasteiger partial charge >= 0.3 is 0 Å². The summed E-state index contributed by atoms with van der Waals surface area (Å²) in [4.78, 5) is 0.302. The Morgan fingerprint density at radius 3 is 2.70 bits per heavy atom. The minimum atomic E-state index is -3.49. The van der Waals surface area contributed by atoms with Gasteiger partial charge in [0.15, 0.2) is 11.5 Å². The van der Waals surface area contributed by atoms with Crippen LogP contribution in [0.2, 0.25) is 0 Å². The van der Waals surface area contributed by atoms with Crippen molar-refractivity contribution in [3.8, 4) is 11.5 Å². The molecule has 110 valence electrons. The highest BCUT2D eigenvalue weighted by Crippen LogP contribution is 2.37. The molecule has 1 aromatic carbocycles. The molecule has 2 heterocycles. The van der Waals surface area contributed by atoms with Crippen molar-refractivity contribution in [3.63, 3.8) is 0 Å². The lowest BCUT2D eigenvalue weighted by molar-refractivity contribution is 0.174. The largest absolute Gasteiger partial charge is 0.454 e. The van der Waals surface area contributed by atoms with E-state index in [-0.39, 0.29) is 12.8 Å². The van der Waals surface area contributed by atoms with Crippen LogP contribution >= 0.6 is 0 Å². The first-order valence-corrected chi connectivity index (χ1v) is 8.06. The number of sulfonamides is 1. The van der Waals surface area contributed by atoms with Gasteiger partial charge in [0.2, 0.25) is 16.8 Å². The molecular formula is C13H18N2O4S.